The van der Waals surface area contributed by atoms with Crippen LogP contribution in [0.15, 0.2) is 0 Å². The first-order valence-electron chi connectivity index (χ1n) is 7.44. The maximum Gasteiger partial charge on any atom is 0.0636 e. The Labute approximate surface area is 112 Å². The summed E-state index contributed by atoms with van der Waals surface area (Å²) in [5.41, 5.74) is 0. The van der Waals surface area contributed by atoms with Crippen molar-refractivity contribution in [1.82, 2.24) is 15.1 Å². The molecular formula is C14H29N3O. The summed E-state index contributed by atoms with van der Waals surface area (Å²) in [4.78, 5) is 5.02. The van der Waals surface area contributed by atoms with E-state index in [1.54, 1.807) is 0 Å². The quantitative estimate of drug-likeness (QED) is 0.786. The number of nitrogens with one attached hydrogen (secondary N) is 1. The highest BCUT2D eigenvalue weighted by molar-refractivity contribution is 4.88. The summed E-state index contributed by atoms with van der Waals surface area (Å²) in [5.74, 6) is 0. The zero-order valence-electron chi connectivity index (χ0n) is 12.2. The summed E-state index contributed by atoms with van der Waals surface area (Å²) in [6, 6.07) is 1.87. The second-order valence-electron chi connectivity index (χ2n) is 5.81. The average Bonchev–Trinajstić information content (AvgIpc) is 2.76. The molecule has 2 saturated heterocycles. The standard InChI is InChI=1S/C14H29N3O/c1-4-15-13-7-9-18-11-14(13)17(3)10-12-6-5-8-16(12)2/h12-15H,4-11H2,1-3H3. The molecule has 2 heterocycles. The van der Waals surface area contributed by atoms with Crippen LogP contribution in [-0.4, -0.2) is 74.9 Å². The van der Waals surface area contributed by atoms with Crippen molar-refractivity contribution < 1.29 is 4.74 Å². The zero-order chi connectivity index (χ0) is 13.0. The maximum absolute atomic E-state index is 5.68. The van der Waals surface area contributed by atoms with Crippen LogP contribution in [0.3, 0.4) is 0 Å². The van der Waals surface area contributed by atoms with Crippen LogP contribution in [0.2, 0.25) is 0 Å². The monoisotopic (exact) mass is 255 g/mol. The van der Waals surface area contributed by atoms with Crippen LogP contribution in [0.4, 0.5) is 0 Å². The summed E-state index contributed by atoms with van der Waals surface area (Å²) >= 11 is 0. The fourth-order valence-electron chi connectivity index (χ4n) is 3.34. The van der Waals surface area contributed by atoms with Crippen LogP contribution in [-0.2, 0) is 4.74 Å². The smallest absolute Gasteiger partial charge is 0.0636 e. The molecule has 2 aliphatic rings. The van der Waals surface area contributed by atoms with Crippen molar-refractivity contribution in [3.63, 3.8) is 0 Å². The van der Waals surface area contributed by atoms with Gasteiger partial charge >= 0.3 is 0 Å². The Hall–Kier alpha value is -0.160. The van der Waals surface area contributed by atoms with Gasteiger partial charge in [-0.15, -0.1) is 0 Å². The minimum Gasteiger partial charge on any atom is -0.380 e. The van der Waals surface area contributed by atoms with E-state index in [1.807, 2.05) is 0 Å². The minimum absolute atomic E-state index is 0.535. The van der Waals surface area contributed by atoms with Gasteiger partial charge in [-0.3, -0.25) is 4.90 Å². The van der Waals surface area contributed by atoms with Crippen molar-refractivity contribution in [1.29, 1.82) is 0 Å². The second kappa shape index (κ2) is 6.85. The van der Waals surface area contributed by atoms with Gasteiger partial charge in [0.1, 0.15) is 0 Å². The molecule has 0 amide bonds. The van der Waals surface area contributed by atoms with Crippen molar-refractivity contribution in [2.75, 3.05) is 46.9 Å². The molecule has 0 spiro atoms. The van der Waals surface area contributed by atoms with E-state index in [1.165, 1.54) is 25.9 Å². The van der Waals surface area contributed by atoms with E-state index in [4.69, 9.17) is 4.74 Å². The van der Waals surface area contributed by atoms with Crippen LogP contribution in [0.5, 0.6) is 0 Å². The summed E-state index contributed by atoms with van der Waals surface area (Å²) in [6.07, 6.45) is 3.84. The van der Waals surface area contributed by atoms with Crippen molar-refractivity contribution in [2.45, 2.75) is 44.3 Å². The van der Waals surface area contributed by atoms with Crippen LogP contribution in [0, 0.1) is 0 Å². The van der Waals surface area contributed by atoms with Crippen LogP contribution < -0.4 is 5.32 Å². The Morgan fingerprint density at radius 1 is 1.39 bits per heavy atom. The highest BCUT2D eigenvalue weighted by Crippen LogP contribution is 2.19. The molecule has 1 N–H and O–H groups in total. The van der Waals surface area contributed by atoms with Gasteiger partial charge in [-0.05, 0) is 46.4 Å². The number of likely N-dealkylation sites (tertiary alicyclic amines) is 1. The third kappa shape index (κ3) is 3.44. The minimum atomic E-state index is 0.535. The van der Waals surface area contributed by atoms with Crippen molar-refractivity contribution in [2.24, 2.45) is 0 Å². The summed E-state index contributed by atoms with van der Waals surface area (Å²) in [7, 11) is 4.51. The van der Waals surface area contributed by atoms with E-state index in [0.717, 1.165) is 32.2 Å². The fraction of sp³-hybridized carbons (Fsp3) is 1.00. The third-order valence-corrected chi connectivity index (χ3v) is 4.53. The molecule has 0 aromatic rings. The van der Waals surface area contributed by atoms with E-state index in [-0.39, 0.29) is 0 Å². The summed E-state index contributed by atoms with van der Waals surface area (Å²) in [5, 5.41) is 3.62. The lowest BCUT2D eigenvalue weighted by Crippen LogP contribution is -2.56. The first-order chi connectivity index (χ1) is 8.72. The van der Waals surface area contributed by atoms with Crippen molar-refractivity contribution >= 4 is 0 Å². The van der Waals surface area contributed by atoms with E-state index in [0.29, 0.717) is 12.1 Å². The molecule has 3 atom stereocenters. The average molecular weight is 255 g/mol. The van der Waals surface area contributed by atoms with Gasteiger partial charge in [-0.1, -0.05) is 6.92 Å². The Kier molecular flexibility index (Phi) is 5.42. The molecule has 4 nitrogen and oxygen atoms in total. The molecule has 0 aliphatic carbocycles. The first kappa shape index (κ1) is 14.3. The van der Waals surface area contributed by atoms with Gasteiger partial charge in [0.15, 0.2) is 0 Å². The number of nitrogens with zero attached hydrogens (tertiary/aromatic N) is 2. The molecular weight excluding hydrogens is 226 g/mol. The molecule has 2 fully saturated rings. The summed E-state index contributed by atoms with van der Waals surface area (Å²) < 4.78 is 5.68. The topological polar surface area (TPSA) is 27.7 Å². The number of rotatable bonds is 5. The molecule has 2 rings (SSSR count). The molecule has 0 saturated carbocycles. The van der Waals surface area contributed by atoms with Gasteiger partial charge in [-0.2, -0.15) is 0 Å². The molecule has 18 heavy (non-hydrogen) atoms. The third-order valence-electron chi connectivity index (χ3n) is 4.53. The second-order valence-corrected chi connectivity index (χ2v) is 5.81. The zero-order valence-corrected chi connectivity index (χ0v) is 12.2. The van der Waals surface area contributed by atoms with E-state index < -0.39 is 0 Å². The number of hydrogen-bond acceptors (Lipinski definition) is 4. The predicted octanol–water partition coefficient (Wildman–Crippen LogP) is 0.779. The molecule has 3 unspecified atom stereocenters. The van der Waals surface area contributed by atoms with Crippen LogP contribution in [0.1, 0.15) is 26.2 Å². The lowest BCUT2D eigenvalue weighted by atomic mass is 10.0. The van der Waals surface area contributed by atoms with E-state index >= 15 is 0 Å². The van der Waals surface area contributed by atoms with Gasteiger partial charge in [0.2, 0.25) is 0 Å². The van der Waals surface area contributed by atoms with Gasteiger partial charge < -0.3 is 15.0 Å². The molecule has 106 valence electrons. The Morgan fingerprint density at radius 2 is 2.22 bits per heavy atom. The number of ether oxygens (including phenoxy) is 1. The molecule has 4 heteroatoms. The first-order valence-corrected chi connectivity index (χ1v) is 7.44. The van der Waals surface area contributed by atoms with Gasteiger partial charge in [0.25, 0.3) is 0 Å². The largest absolute Gasteiger partial charge is 0.380 e. The Morgan fingerprint density at radius 3 is 2.89 bits per heavy atom. The molecule has 0 aromatic carbocycles. The lowest BCUT2D eigenvalue weighted by Gasteiger charge is -2.39. The molecule has 0 aromatic heterocycles. The SMILES string of the molecule is CCNC1CCOCC1N(C)CC1CCCN1C. The normalized spacial score (nSPS) is 34.3. The number of likely N-dealkylation sites (N-methyl/N-ethyl adjacent to an activating group) is 3. The van der Waals surface area contributed by atoms with E-state index in [2.05, 4.69) is 36.1 Å². The highest BCUT2D eigenvalue weighted by atomic mass is 16.5. The van der Waals surface area contributed by atoms with Crippen molar-refractivity contribution in [3.05, 3.63) is 0 Å². The highest BCUT2D eigenvalue weighted by Gasteiger charge is 2.31. The molecule has 2 aliphatic heterocycles. The molecule has 0 bridgehead atoms. The Balaban J connectivity index is 1.87. The maximum atomic E-state index is 5.68. The summed E-state index contributed by atoms with van der Waals surface area (Å²) in [6.45, 7) is 7.47. The number of hydrogen-bond donors (Lipinski definition) is 1. The predicted molar refractivity (Wildman–Crippen MR) is 75.0 cm³/mol. The lowest BCUT2D eigenvalue weighted by molar-refractivity contribution is 0.000773. The van der Waals surface area contributed by atoms with E-state index in [9.17, 15) is 0 Å². The van der Waals surface area contributed by atoms with Gasteiger partial charge in [0.05, 0.1) is 6.61 Å². The Bertz CT molecular complexity index is 247. The van der Waals surface area contributed by atoms with Crippen molar-refractivity contribution in [3.8, 4) is 0 Å². The van der Waals surface area contributed by atoms with Crippen LogP contribution >= 0.6 is 0 Å². The van der Waals surface area contributed by atoms with Gasteiger partial charge in [0, 0.05) is 31.3 Å². The van der Waals surface area contributed by atoms with Crippen LogP contribution in [0.25, 0.3) is 0 Å². The van der Waals surface area contributed by atoms with Gasteiger partial charge in [-0.25, -0.2) is 0 Å². The fourth-order valence-corrected chi connectivity index (χ4v) is 3.34. The molecule has 0 radical (unpaired) electrons.